The van der Waals surface area contributed by atoms with Gasteiger partial charge in [0.05, 0.1) is 12.2 Å². The lowest BCUT2D eigenvalue weighted by Crippen LogP contribution is -2.04. The third-order valence-corrected chi connectivity index (χ3v) is 6.42. The number of fused-ring (bicyclic) bond motifs is 1. The van der Waals surface area contributed by atoms with Crippen LogP contribution in [0, 0.1) is 6.92 Å². The smallest absolute Gasteiger partial charge is 0.348 e. The van der Waals surface area contributed by atoms with Gasteiger partial charge in [-0.1, -0.05) is 45.9 Å². The molecule has 4 aromatic rings. The van der Waals surface area contributed by atoms with Gasteiger partial charge in [-0.05, 0) is 24.6 Å². The summed E-state index contributed by atoms with van der Waals surface area (Å²) in [5, 5.41) is 10.0. The molecule has 0 radical (unpaired) electrons. The Morgan fingerprint density at radius 1 is 1.30 bits per heavy atom. The van der Waals surface area contributed by atoms with E-state index in [1.807, 2.05) is 35.9 Å². The molecule has 0 atom stereocenters. The van der Waals surface area contributed by atoms with Gasteiger partial charge in [-0.3, -0.25) is 4.68 Å². The topological polar surface area (TPSA) is 69.9 Å². The molecular weight excluding hydrogens is 427 g/mol. The van der Waals surface area contributed by atoms with Crippen molar-refractivity contribution in [3.05, 3.63) is 61.5 Å². The quantitative estimate of drug-likeness (QED) is 0.411. The number of thiophene rings is 1. The molecule has 10 heteroatoms. The van der Waals surface area contributed by atoms with Gasteiger partial charge in [-0.15, -0.1) is 16.4 Å². The predicted molar refractivity (Wildman–Crippen MR) is 107 cm³/mol. The van der Waals surface area contributed by atoms with Crippen LogP contribution in [0.2, 0.25) is 9.36 Å². The van der Waals surface area contributed by atoms with Crippen molar-refractivity contribution in [1.29, 1.82) is 0 Å². The summed E-state index contributed by atoms with van der Waals surface area (Å²) >= 11 is 14.6. The first kappa shape index (κ1) is 18.4. The van der Waals surface area contributed by atoms with Crippen LogP contribution in [0.15, 0.2) is 30.3 Å². The Bertz CT molecular complexity index is 1140. The fraction of sp³-hybridized carbons (Fsp3) is 0.176. The van der Waals surface area contributed by atoms with Crippen molar-refractivity contribution in [1.82, 2.24) is 19.4 Å². The van der Waals surface area contributed by atoms with Crippen LogP contribution < -0.4 is 0 Å². The molecule has 0 saturated heterocycles. The Morgan fingerprint density at radius 3 is 2.85 bits per heavy atom. The molecule has 0 spiro atoms. The molecule has 6 nitrogen and oxygen atoms in total. The Hall–Kier alpha value is -2.00. The van der Waals surface area contributed by atoms with Gasteiger partial charge in [-0.2, -0.15) is 5.10 Å². The largest absolute Gasteiger partial charge is 0.455 e. The molecule has 0 amide bonds. The zero-order valence-electron chi connectivity index (χ0n) is 14.0. The van der Waals surface area contributed by atoms with Crippen molar-refractivity contribution in [3.8, 4) is 0 Å². The van der Waals surface area contributed by atoms with Crippen LogP contribution in [-0.2, 0) is 17.9 Å². The van der Waals surface area contributed by atoms with Crippen molar-refractivity contribution in [2.24, 2.45) is 0 Å². The number of hydrogen-bond acceptors (Lipinski definition) is 7. The molecule has 4 rings (SSSR count). The maximum absolute atomic E-state index is 12.4. The van der Waals surface area contributed by atoms with Crippen LogP contribution in [0.5, 0.6) is 0 Å². The van der Waals surface area contributed by atoms with E-state index in [9.17, 15) is 4.79 Å². The number of carbonyl (C=O) groups is 1. The Labute approximate surface area is 172 Å². The molecule has 3 heterocycles. The van der Waals surface area contributed by atoms with Gasteiger partial charge in [0.25, 0.3) is 0 Å². The van der Waals surface area contributed by atoms with Crippen molar-refractivity contribution >= 4 is 62.3 Å². The number of nitrogens with zero attached hydrogens (tertiary/aromatic N) is 4. The lowest BCUT2D eigenvalue weighted by molar-refractivity contribution is 0.0474. The van der Waals surface area contributed by atoms with E-state index >= 15 is 0 Å². The number of ether oxygens (including phenoxy) is 1. The van der Waals surface area contributed by atoms with Crippen LogP contribution in [0.4, 0.5) is 0 Å². The van der Waals surface area contributed by atoms with Crippen molar-refractivity contribution < 1.29 is 9.53 Å². The number of benzene rings is 1. The van der Waals surface area contributed by atoms with E-state index in [1.165, 1.54) is 11.3 Å². The molecule has 27 heavy (non-hydrogen) atoms. The molecule has 0 aliphatic carbocycles. The second kappa shape index (κ2) is 7.55. The van der Waals surface area contributed by atoms with Crippen LogP contribution in [0.25, 0.3) is 10.2 Å². The number of aromatic nitrogens is 4. The molecule has 0 aliphatic heterocycles. The average molecular weight is 439 g/mol. The van der Waals surface area contributed by atoms with Crippen LogP contribution in [0.1, 0.15) is 26.6 Å². The fourth-order valence-corrected chi connectivity index (χ4v) is 4.45. The number of hydrogen-bond donors (Lipinski definition) is 0. The van der Waals surface area contributed by atoms with Gasteiger partial charge in [0, 0.05) is 21.9 Å². The van der Waals surface area contributed by atoms with E-state index in [4.69, 9.17) is 27.9 Å². The summed E-state index contributed by atoms with van der Waals surface area (Å²) in [6, 6.07) is 9.43. The third kappa shape index (κ3) is 3.70. The fourth-order valence-electron chi connectivity index (χ4n) is 2.60. The second-order valence-corrected chi connectivity index (χ2v) is 8.53. The number of rotatable bonds is 5. The molecule has 0 unspecified atom stereocenters. The first-order chi connectivity index (χ1) is 13.0. The number of carbonyl (C=O) groups excluding carboxylic acids is 1. The maximum atomic E-state index is 12.4. The van der Waals surface area contributed by atoms with Gasteiger partial charge < -0.3 is 4.74 Å². The van der Waals surface area contributed by atoms with E-state index in [-0.39, 0.29) is 6.61 Å². The highest BCUT2D eigenvalue weighted by molar-refractivity contribution is 7.20. The highest BCUT2D eigenvalue weighted by Crippen LogP contribution is 2.30. The van der Waals surface area contributed by atoms with E-state index in [1.54, 1.807) is 6.07 Å². The van der Waals surface area contributed by atoms with Crippen LogP contribution in [-0.4, -0.2) is 25.3 Å². The lowest BCUT2D eigenvalue weighted by Gasteiger charge is -2.05. The van der Waals surface area contributed by atoms with Gasteiger partial charge in [0.15, 0.2) is 0 Å². The zero-order chi connectivity index (χ0) is 19.0. The molecule has 1 aromatic carbocycles. The van der Waals surface area contributed by atoms with Gasteiger partial charge in [0.1, 0.15) is 26.3 Å². The van der Waals surface area contributed by atoms with E-state index in [2.05, 4.69) is 14.7 Å². The number of halogens is 2. The van der Waals surface area contributed by atoms with E-state index < -0.39 is 5.97 Å². The summed E-state index contributed by atoms with van der Waals surface area (Å²) in [5.74, 6) is -0.427. The Morgan fingerprint density at radius 2 is 2.11 bits per heavy atom. The van der Waals surface area contributed by atoms with E-state index in [0.29, 0.717) is 26.5 Å². The first-order valence-electron chi connectivity index (χ1n) is 7.87. The summed E-state index contributed by atoms with van der Waals surface area (Å²) in [5.41, 5.74) is 2.27. The minimum Gasteiger partial charge on any atom is -0.455 e. The van der Waals surface area contributed by atoms with Crippen LogP contribution >= 0.6 is 46.1 Å². The average Bonchev–Trinajstić information content (AvgIpc) is 3.33. The van der Waals surface area contributed by atoms with Gasteiger partial charge in [-0.25, -0.2) is 4.79 Å². The summed E-state index contributed by atoms with van der Waals surface area (Å²) in [7, 11) is 0. The number of esters is 1. The molecule has 0 N–H and O–H groups in total. The molecule has 3 aromatic heterocycles. The van der Waals surface area contributed by atoms with Crippen molar-refractivity contribution in [2.75, 3.05) is 0 Å². The molecular formula is C17H12Cl2N4O2S2. The maximum Gasteiger partial charge on any atom is 0.348 e. The molecule has 138 valence electrons. The second-order valence-electron chi connectivity index (χ2n) is 5.73. The summed E-state index contributed by atoms with van der Waals surface area (Å²) in [4.78, 5) is 13.8. The highest BCUT2D eigenvalue weighted by Gasteiger charge is 2.19. The van der Waals surface area contributed by atoms with E-state index in [0.717, 1.165) is 33.0 Å². The van der Waals surface area contributed by atoms with Crippen LogP contribution in [0.3, 0.4) is 0 Å². The molecule has 0 aliphatic rings. The Balaban J connectivity index is 1.58. The highest BCUT2D eigenvalue weighted by atomic mass is 35.5. The standard InChI is InChI=1S/C17H12Cl2N4O2S2/c1-9-11-6-14(17(24)25-8-13-15(19)27-22-20-13)26-16(11)23(21-9)7-10-4-2-3-5-12(10)18/h2-6H,7-8H2,1H3. The van der Waals surface area contributed by atoms with Crippen molar-refractivity contribution in [2.45, 2.75) is 20.1 Å². The predicted octanol–water partition coefficient (Wildman–Crippen LogP) is 4.97. The number of aryl methyl sites for hydroxylation is 1. The summed E-state index contributed by atoms with van der Waals surface area (Å²) in [6.45, 7) is 2.43. The lowest BCUT2D eigenvalue weighted by atomic mass is 10.2. The minimum atomic E-state index is -0.427. The minimum absolute atomic E-state index is 0.00680. The van der Waals surface area contributed by atoms with Gasteiger partial charge >= 0.3 is 5.97 Å². The molecule has 0 fully saturated rings. The third-order valence-electron chi connectivity index (χ3n) is 3.94. The molecule has 0 saturated carbocycles. The van der Waals surface area contributed by atoms with Crippen molar-refractivity contribution in [3.63, 3.8) is 0 Å². The monoisotopic (exact) mass is 438 g/mol. The normalized spacial score (nSPS) is 11.2. The SMILES string of the molecule is Cc1nn(Cc2ccccc2Cl)c2sc(C(=O)OCc3nnsc3Cl)cc12. The zero-order valence-corrected chi connectivity index (χ0v) is 17.1. The summed E-state index contributed by atoms with van der Waals surface area (Å²) in [6.07, 6.45) is 0. The summed E-state index contributed by atoms with van der Waals surface area (Å²) < 4.78 is 11.3. The molecule has 0 bridgehead atoms. The first-order valence-corrected chi connectivity index (χ1v) is 10.2. The Kier molecular flexibility index (Phi) is 5.14. The van der Waals surface area contributed by atoms with Gasteiger partial charge in [0.2, 0.25) is 0 Å².